The van der Waals surface area contributed by atoms with Gasteiger partial charge in [-0.3, -0.25) is 4.79 Å². The highest BCUT2D eigenvalue weighted by Crippen LogP contribution is 2.33. The molecule has 0 aliphatic carbocycles. The van der Waals surface area contributed by atoms with Gasteiger partial charge in [-0.05, 0) is 36.4 Å². The molecule has 2 aromatic rings. The molecule has 1 aliphatic heterocycles. The maximum absolute atomic E-state index is 13.3. The van der Waals surface area contributed by atoms with Crippen molar-refractivity contribution in [1.29, 1.82) is 0 Å². The zero-order chi connectivity index (χ0) is 19.6. The van der Waals surface area contributed by atoms with E-state index in [-0.39, 0.29) is 17.8 Å². The smallest absolute Gasteiger partial charge is 0.382 e. The summed E-state index contributed by atoms with van der Waals surface area (Å²) in [7, 11) is 0. The van der Waals surface area contributed by atoms with Gasteiger partial charge in [0.15, 0.2) is 0 Å². The van der Waals surface area contributed by atoms with Crippen LogP contribution in [0.2, 0.25) is 0 Å². The molecule has 142 valence electrons. The minimum absolute atomic E-state index is 0.218. The number of rotatable bonds is 3. The highest BCUT2D eigenvalue weighted by molar-refractivity contribution is 6.12. The van der Waals surface area contributed by atoms with Gasteiger partial charge in [-0.15, -0.1) is 0 Å². The van der Waals surface area contributed by atoms with Gasteiger partial charge in [0.1, 0.15) is 5.82 Å². The first kappa shape index (κ1) is 18.5. The average molecular weight is 382 g/mol. The molecule has 2 aromatic carbocycles. The number of imide groups is 1. The Morgan fingerprint density at radius 1 is 1.07 bits per heavy atom. The lowest BCUT2D eigenvalue weighted by molar-refractivity contribution is -0.139. The van der Waals surface area contributed by atoms with Gasteiger partial charge in [-0.1, -0.05) is 0 Å². The van der Waals surface area contributed by atoms with E-state index in [1.807, 2.05) is 0 Å². The molecule has 3 N–H and O–H groups in total. The summed E-state index contributed by atoms with van der Waals surface area (Å²) < 4.78 is 51.7. The van der Waals surface area contributed by atoms with Crippen LogP contribution in [-0.2, 0) is 11.0 Å². The Morgan fingerprint density at radius 3 is 2.44 bits per heavy atom. The fourth-order valence-electron chi connectivity index (χ4n) is 2.61. The van der Waals surface area contributed by atoms with E-state index in [4.69, 9.17) is 0 Å². The molecule has 0 atom stereocenters. The zero-order valence-corrected chi connectivity index (χ0v) is 13.7. The zero-order valence-electron chi connectivity index (χ0n) is 13.7. The van der Waals surface area contributed by atoms with Gasteiger partial charge in [0.25, 0.3) is 0 Å². The van der Waals surface area contributed by atoms with Crippen molar-refractivity contribution in [1.82, 2.24) is 0 Å². The second kappa shape index (κ2) is 7.14. The van der Waals surface area contributed by atoms with E-state index >= 15 is 0 Å². The van der Waals surface area contributed by atoms with Crippen molar-refractivity contribution in [3.05, 3.63) is 47.8 Å². The van der Waals surface area contributed by atoms with E-state index in [0.29, 0.717) is 29.3 Å². The fourth-order valence-corrected chi connectivity index (χ4v) is 2.61. The van der Waals surface area contributed by atoms with Crippen molar-refractivity contribution in [3.8, 4) is 0 Å². The average Bonchev–Trinajstić information content (AvgIpc) is 2.63. The molecule has 3 amide bonds. The summed E-state index contributed by atoms with van der Waals surface area (Å²) >= 11 is 0. The number of nitrogens with zero attached hydrogens (tertiary/aromatic N) is 1. The number of nitrogens with one attached hydrogen (secondary N) is 3. The maximum Gasteiger partial charge on any atom is 0.419 e. The molecule has 0 spiro atoms. The number of halogens is 4. The van der Waals surface area contributed by atoms with Crippen LogP contribution in [0.4, 0.5) is 45.1 Å². The van der Waals surface area contributed by atoms with Crippen molar-refractivity contribution < 1.29 is 27.2 Å². The van der Waals surface area contributed by atoms with Crippen molar-refractivity contribution in [2.75, 3.05) is 33.9 Å². The molecule has 1 aliphatic rings. The van der Waals surface area contributed by atoms with Gasteiger partial charge in [-0.25, -0.2) is 14.1 Å². The van der Waals surface area contributed by atoms with Crippen LogP contribution in [0.3, 0.4) is 0 Å². The van der Waals surface area contributed by atoms with Gasteiger partial charge in [-0.2, -0.15) is 13.2 Å². The molecule has 10 heteroatoms. The van der Waals surface area contributed by atoms with E-state index in [0.717, 1.165) is 18.3 Å². The number of carbonyl (C=O) groups excluding carboxylic acids is 2. The minimum Gasteiger partial charge on any atom is -0.382 e. The van der Waals surface area contributed by atoms with E-state index in [1.165, 1.54) is 6.07 Å². The molecule has 3 rings (SSSR count). The summed E-state index contributed by atoms with van der Waals surface area (Å²) in [5.41, 5.74) is -0.111. The number of alkyl halides is 3. The van der Waals surface area contributed by atoms with E-state index in [2.05, 4.69) is 16.0 Å². The SMILES string of the molecule is O=CN(C(=O)Nc1ccc(F)c(C(F)(F)F)c1)c1ccc2c(c1)NCCN2. The summed E-state index contributed by atoms with van der Waals surface area (Å²) in [5, 5.41) is 8.39. The van der Waals surface area contributed by atoms with Crippen LogP contribution in [0.1, 0.15) is 5.56 Å². The van der Waals surface area contributed by atoms with Crippen LogP contribution in [-0.4, -0.2) is 25.5 Å². The van der Waals surface area contributed by atoms with Crippen molar-refractivity contribution in [3.63, 3.8) is 0 Å². The van der Waals surface area contributed by atoms with E-state index in [1.54, 1.807) is 12.1 Å². The summed E-state index contributed by atoms with van der Waals surface area (Å²) in [6.07, 6.45) is -4.67. The van der Waals surface area contributed by atoms with E-state index < -0.39 is 23.6 Å². The third kappa shape index (κ3) is 3.94. The molecule has 6 nitrogen and oxygen atoms in total. The topological polar surface area (TPSA) is 73.5 Å². The Labute approximate surface area is 151 Å². The van der Waals surface area contributed by atoms with Gasteiger partial charge in [0, 0.05) is 18.8 Å². The van der Waals surface area contributed by atoms with Gasteiger partial charge in [0.05, 0.1) is 22.6 Å². The second-order valence-corrected chi connectivity index (χ2v) is 5.68. The summed E-state index contributed by atoms with van der Waals surface area (Å²) in [5.74, 6) is -1.46. The second-order valence-electron chi connectivity index (χ2n) is 5.68. The number of anilines is 4. The summed E-state index contributed by atoms with van der Waals surface area (Å²) in [6, 6.07) is 5.80. The molecule has 0 fully saturated rings. The lowest BCUT2D eigenvalue weighted by Crippen LogP contribution is -2.34. The molecule has 0 saturated carbocycles. The number of carbonyl (C=O) groups is 2. The number of fused-ring (bicyclic) bond motifs is 1. The highest BCUT2D eigenvalue weighted by atomic mass is 19.4. The molecule has 27 heavy (non-hydrogen) atoms. The minimum atomic E-state index is -4.91. The van der Waals surface area contributed by atoms with E-state index in [9.17, 15) is 27.2 Å². The Morgan fingerprint density at radius 2 is 1.78 bits per heavy atom. The molecule has 0 saturated heterocycles. The molecular weight excluding hydrogens is 368 g/mol. The monoisotopic (exact) mass is 382 g/mol. The van der Waals surface area contributed by atoms with Gasteiger partial charge in [0.2, 0.25) is 6.41 Å². The largest absolute Gasteiger partial charge is 0.419 e. The van der Waals surface area contributed by atoms with Gasteiger partial charge < -0.3 is 16.0 Å². The first-order valence-corrected chi connectivity index (χ1v) is 7.83. The quantitative estimate of drug-likeness (QED) is 0.557. The Bertz CT molecular complexity index is 886. The van der Waals surface area contributed by atoms with Crippen LogP contribution in [0.15, 0.2) is 36.4 Å². The third-order valence-corrected chi connectivity index (χ3v) is 3.88. The molecule has 0 aromatic heterocycles. The van der Waals surface area contributed by atoms with Crippen LogP contribution in [0.5, 0.6) is 0 Å². The first-order chi connectivity index (χ1) is 12.8. The molecule has 0 bridgehead atoms. The third-order valence-electron chi connectivity index (χ3n) is 3.88. The molecule has 0 radical (unpaired) electrons. The predicted molar refractivity (Wildman–Crippen MR) is 92.4 cm³/mol. The fraction of sp³-hybridized carbons (Fsp3) is 0.176. The van der Waals surface area contributed by atoms with Gasteiger partial charge >= 0.3 is 12.2 Å². The lowest BCUT2D eigenvalue weighted by Gasteiger charge is -2.23. The van der Waals surface area contributed by atoms with Crippen LogP contribution >= 0.6 is 0 Å². The molecule has 0 unspecified atom stereocenters. The number of urea groups is 1. The predicted octanol–water partition coefficient (Wildman–Crippen LogP) is 3.88. The Balaban J connectivity index is 1.83. The van der Waals surface area contributed by atoms with Crippen LogP contribution < -0.4 is 20.9 Å². The summed E-state index contributed by atoms with van der Waals surface area (Å²) in [4.78, 5) is 24.4. The molecular formula is C17H14F4N4O2. The number of hydrogen-bond acceptors (Lipinski definition) is 4. The highest BCUT2D eigenvalue weighted by Gasteiger charge is 2.34. The number of benzene rings is 2. The standard InChI is InChI=1S/C17H14F4N4O2/c18-13-3-1-10(7-12(13)17(19,20)21)24-16(27)25(9-26)11-2-4-14-15(8-11)23-6-5-22-14/h1-4,7-9,22-23H,5-6H2,(H,24,27). The maximum atomic E-state index is 13.3. The number of hydrogen-bond donors (Lipinski definition) is 3. The normalized spacial score (nSPS) is 13.0. The van der Waals surface area contributed by atoms with Crippen LogP contribution in [0.25, 0.3) is 0 Å². The first-order valence-electron chi connectivity index (χ1n) is 7.83. The summed E-state index contributed by atoms with van der Waals surface area (Å²) in [6.45, 7) is 1.37. The van der Waals surface area contributed by atoms with Crippen molar-refractivity contribution >= 4 is 35.2 Å². The molecule has 1 heterocycles. The Hall–Kier alpha value is -3.30. The lowest BCUT2D eigenvalue weighted by atomic mass is 10.2. The van der Waals surface area contributed by atoms with Crippen LogP contribution in [0, 0.1) is 5.82 Å². The number of amides is 3. The van der Waals surface area contributed by atoms with Crippen molar-refractivity contribution in [2.24, 2.45) is 0 Å². The Kier molecular flexibility index (Phi) is 4.89. The van der Waals surface area contributed by atoms with Crippen molar-refractivity contribution in [2.45, 2.75) is 6.18 Å².